The first-order chi connectivity index (χ1) is 10.3. The minimum atomic E-state index is -0.472. The molecular formula is C16H21N3O2. The van der Waals surface area contributed by atoms with Gasteiger partial charge in [-0.05, 0) is 12.0 Å². The van der Waals surface area contributed by atoms with Crippen LogP contribution in [0.15, 0.2) is 36.5 Å². The highest BCUT2D eigenvalue weighted by Crippen LogP contribution is 2.17. The first-order valence-corrected chi connectivity index (χ1v) is 7.34. The van der Waals surface area contributed by atoms with Crippen LogP contribution in [0.1, 0.15) is 32.6 Å². The number of carbonyl (C=O) groups excluding carboxylic acids is 1. The van der Waals surface area contributed by atoms with E-state index in [1.165, 1.54) is 12.8 Å². The molecule has 0 unspecified atom stereocenters. The van der Waals surface area contributed by atoms with E-state index in [1.54, 1.807) is 6.20 Å². The van der Waals surface area contributed by atoms with Crippen molar-refractivity contribution in [3.63, 3.8) is 0 Å². The Morgan fingerprint density at radius 1 is 1.24 bits per heavy atom. The Morgan fingerprint density at radius 2 is 2.05 bits per heavy atom. The summed E-state index contributed by atoms with van der Waals surface area (Å²) in [4.78, 5) is 18.8. The number of carbonyl (C=O) groups is 1. The highest BCUT2D eigenvalue weighted by Gasteiger charge is 2.07. The van der Waals surface area contributed by atoms with Crippen LogP contribution in [0.5, 0.6) is 0 Å². The van der Waals surface area contributed by atoms with Crippen LogP contribution in [0, 0.1) is 0 Å². The number of ether oxygens (including phenoxy) is 1. The SMILES string of the molecule is CCCCCCOC(=O)Nc1ncc(-c2ccccc2)[nH]1. The van der Waals surface area contributed by atoms with Crippen molar-refractivity contribution in [2.24, 2.45) is 0 Å². The fourth-order valence-corrected chi connectivity index (χ4v) is 1.98. The average Bonchev–Trinajstić information content (AvgIpc) is 2.96. The molecule has 2 rings (SSSR count). The third kappa shape index (κ3) is 4.95. The Labute approximate surface area is 124 Å². The number of aromatic amines is 1. The molecule has 0 aliphatic carbocycles. The van der Waals surface area contributed by atoms with Crippen molar-refractivity contribution >= 4 is 12.0 Å². The Balaban J connectivity index is 1.78. The second kappa shape index (κ2) is 8.09. The summed E-state index contributed by atoms with van der Waals surface area (Å²) in [6, 6.07) is 9.81. The molecule has 2 N–H and O–H groups in total. The number of amides is 1. The number of anilines is 1. The molecule has 1 aromatic heterocycles. The average molecular weight is 287 g/mol. The maximum atomic E-state index is 11.6. The van der Waals surface area contributed by atoms with Gasteiger partial charge in [-0.1, -0.05) is 56.5 Å². The molecule has 1 heterocycles. The minimum Gasteiger partial charge on any atom is -0.449 e. The summed E-state index contributed by atoms with van der Waals surface area (Å²) in [5.41, 5.74) is 1.87. The van der Waals surface area contributed by atoms with Gasteiger partial charge in [0.05, 0.1) is 18.5 Å². The van der Waals surface area contributed by atoms with Crippen molar-refractivity contribution in [2.75, 3.05) is 11.9 Å². The molecule has 0 atom stereocenters. The number of nitrogens with zero attached hydrogens (tertiary/aromatic N) is 1. The largest absolute Gasteiger partial charge is 0.449 e. The molecule has 0 saturated carbocycles. The van der Waals surface area contributed by atoms with Crippen LogP contribution >= 0.6 is 0 Å². The zero-order valence-corrected chi connectivity index (χ0v) is 12.3. The molecule has 0 radical (unpaired) electrons. The van der Waals surface area contributed by atoms with Gasteiger partial charge >= 0.3 is 6.09 Å². The molecule has 0 bridgehead atoms. The second-order valence-corrected chi connectivity index (χ2v) is 4.83. The maximum Gasteiger partial charge on any atom is 0.413 e. The van der Waals surface area contributed by atoms with E-state index in [0.29, 0.717) is 12.6 Å². The van der Waals surface area contributed by atoms with Gasteiger partial charge in [0, 0.05) is 0 Å². The van der Waals surface area contributed by atoms with Gasteiger partial charge in [0.2, 0.25) is 5.95 Å². The molecule has 1 amide bonds. The molecule has 1 aromatic carbocycles. The Morgan fingerprint density at radius 3 is 2.81 bits per heavy atom. The van der Waals surface area contributed by atoms with Gasteiger partial charge in [0.25, 0.3) is 0 Å². The zero-order chi connectivity index (χ0) is 14.9. The van der Waals surface area contributed by atoms with E-state index in [0.717, 1.165) is 24.1 Å². The predicted molar refractivity (Wildman–Crippen MR) is 83.1 cm³/mol. The molecule has 5 nitrogen and oxygen atoms in total. The summed E-state index contributed by atoms with van der Waals surface area (Å²) in [7, 11) is 0. The lowest BCUT2D eigenvalue weighted by molar-refractivity contribution is 0.159. The Hall–Kier alpha value is -2.30. The first kappa shape index (κ1) is 15.1. The molecule has 112 valence electrons. The lowest BCUT2D eigenvalue weighted by atomic mass is 10.2. The number of hydrogen-bond donors (Lipinski definition) is 2. The summed E-state index contributed by atoms with van der Waals surface area (Å²) in [5.74, 6) is 0.396. The van der Waals surface area contributed by atoms with Crippen molar-refractivity contribution < 1.29 is 9.53 Å². The maximum absolute atomic E-state index is 11.6. The predicted octanol–water partition coefficient (Wildman–Crippen LogP) is 4.21. The monoisotopic (exact) mass is 287 g/mol. The summed E-state index contributed by atoms with van der Waals surface area (Å²) in [5, 5.41) is 2.60. The van der Waals surface area contributed by atoms with E-state index in [2.05, 4.69) is 22.2 Å². The van der Waals surface area contributed by atoms with Crippen molar-refractivity contribution in [3.8, 4) is 11.3 Å². The van der Waals surface area contributed by atoms with Crippen LogP contribution in [0.4, 0.5) is 10.7 Å². The highest BCUT2D eigenvalue weighted by atomic mass is 16.5. The van der Waals surface area contributed by atoms with Gasteiger partial charge in [-0.2, -0.15) is 0 Å². The van der Waals surface area contributed by atoms with Crippen molar-refractivity contribution in [1.82, 2.24) is 9.97 Å². The minimum absolute atomic E-state index is 0.396. The molecule has 0 aliphatic heterocycles. The summed E-state index contributed by atoms with van der Waals surface area (Å²) in [6.07, 6.45) is 5.54. The Bertz CT molecular complexity index is 552. The standard InChI is InChI=1S/C16H21N3O2/c1-2-3-4-8-11-21-16(20)19-15-17-12-14(18-15)13-9-6-5-7-10-13/h5-7,9-10,12H,2-4,8,11H2,1H3,(H2,17,18,19,20). The van der Waals surface area contributed by atoms with Gasteiger partial charge in [-0.15, -0.1) is 0 Å². The molecule has 21 heavy (non-hydrogen) atoms. The van der Waals surface area contributed by atoms with Crippen LogP contribution in [0.25, 0.3) is 11.3 Å². The molecule has 2 aromatic rings. The van der Waals surface area contributed by atoms with E-state index >= 15 is 0 Å². The fraction of sp³-hybridized carbons (Fsp3) is 0.375. The van der Waals surface area contributed by atoms with Crippen LogP contribution in [-0.4, -0.2) is 22.7 Å². The van der Waals surface area contributed by atoms with Crippen LogP contribution in [0.2, 0.25) is 0 Å². The lowest BCUT2D eigenvalue weighted by Gasteiger charge is -2.04. The van der Waals surface area contributed by atoms with Gasteiger partial charge in [0.15, 0.2) is 0 Å². The molecule has 0 spiro atoms. The number of unbranched alkanes of at least 4 members (excludes halogenated alkanes) is 3. The fourth-order valence-electron chi connectivity index (χ4n) is 1.98. The van der Waals surface area contributed by atoms with Crippen LogP contribution in [-0.2, 0) is 4.74 Å². The zero-order valence-electron chi connectivity index (χ0n) is 12.3. The normalized spacial score (nSPS) is 10.3. The van der Waals surface area contributed by atoms with Crippen molar-refractivity contribution in [1.29, 1.82) is 0 Å². The van der Waals surface area contributed by atoms with Crippen LogP contribution < -0.4 is 5.32 Å². The third-order valence-corrected chi connectivity index (χ3v) is 3.11. The van der Waals surface area contributed by atoms with Gasteiger partial charge < -0.3 is 9.72 Å². The van der Waals surface area contributed by atoms with Gasteiger partial charge in [-0.25, -0.2) is 9.78 Å². The van der Waals surface area contributed by atoms with Gasteiger partial charge in [-0.3, -0.25) is 5.32 Å². The van der Waals surface area contributed by atoms with E-state index in [1.807, 2.05) is 30.3 Å². The van der Waals surface area contributed by atoms with Crippen molar-refractivity contribution in [2.45, 2.75) is 32.6 Å². The topological polar surface area (TPSA) is 67.0 Å². The smallest absolute Gasteiger partial charge is 0.413 e. The number of imidazole rings is 1. The third-order valence-electron chi connectivity index (χ3n) is 3.11. The first-order valence-electron chi connectivity index (χ1n) is 7.34. The number of rotatable bonds is 7. The molecule has 0 aliphatic rings. The van der Waals surface area contributed by atoms with Crippen molar-refractivity contribution in [3.05, 3.63) is 36.5 Å². The quantitative estimate of drug-likeness (QED) is 0.750. The molecule has 5 heteroatoms. The van der Waals surface area contributed by atoms with Crippen LogP contribution in [0.3, 0.4) is 0 Å². The van der Waals surface area contributed by atoms with E-state index < -0.39 is 6.09 Å². The number of H-pyrrole nitrogens is 1. The number of benzene rings is 1. The lowest BCUT2D eigenvalue weighted by Crippen LogP contribution is -2.15. The van der Waals surface area contributed by atoms with E-state index in [9.17, 15) is 4.79 Å². The number of nitrogens with one attached hydrogen (secondary N) is 2. The number of aromatic nitrogens is 2. The Kier molecular flexibility index (Phi) is 5.82. The summed E-state index contributed by atoms with van der Waals surface area (Å²) >= 11 is 0. The van der Waals surface area contributed by atoms with Gasteiger partial charge in [0.1, 0.15) is 0 Å². The molecular weight excluding hydrogens is 266 g/mol. The summed E-state index contributed by atoms with van der Waals surface area (Å²) in [6.45, 7) is 2.59. The molecule has 0 saturated heterocycles. The summed E-state index contributed by atoms with van der Waals surface area (Å²) < 4.78 is 5.10. The number of hydrogen-bond acceptors (Lipinski definition) is 3. The van der Waals surface area contributed by atoms with E-state index in [-0.39, 0.29) is 0 Å². The molecule has 0 fully saturated rings. The van der Waals surface area contributed by atoms with E-state index in [4.69, 9.17) is 4.74 Å². The second-order valence-electron chi connectivity index (χ2n) is 4.83. The highest BCUT2D eigenvalue weighted by molar-refractivity contribution is 5.82.